The number of rotatable bonds is 2. The average Bonchev–Trinajstić information content (AvgIpc) is 2.55. The Morgan fingerprint density at radius 2 is 1.92 bits per heavy atom. The smallest absolute Gasteiger partial charge is 0.417 e. The van der Waals surface area contributed by atoms with Crippen molar-refractivity contribution in [2.45, 2.75) is 45.6 Å². The van der Waals surface area contributed by atoms with E-state index < -0.39 is 17.7 Å². The summed E-state index contributed by atoms with van der Waals surface area (Å²) >= 11 is 0. The molecule has 0 aromatic heterocycles. The third-order valence-electron chi connectivity index (χ3n) is 4.27. The van der Waals surface area contributed by atoms with E-state index in [-0.39, 0.29) is 17.7 Å². The van der Waals surface area contributed by atoms with Crippen LogP contribution in [-0.4, -0.2) is 42.1 Å². The molecule has 0 N–H and O–H groups in total. The highest BCUT2D eigenvalue weighted by Crippen LogP contribution is 2.34. The summed E-state index contributed by atoms with van der Waals surface area (Å²) in [5.74, 6) is -1.11. The predicted octanol–water partition coefficient (Wildman–Crippen LogP) is 3.36. The van der Waals surface area contributed by atoms with Crippen LogP contribution in [0.5, 0.6) is 0 Å². The van der Waals surface area contributed by atoms with E-state index in [4.69, 9.17) is 9.47 Å². The summed E-state index contributed by atoms with van der Waals surface area (Å²) in [4.78, 5) is 37.7. The quantitative estimate of drug-likeness (QED) is 0.767. The van der Waals surface area contributed by atoms with E-state index in [1.165, 1.54) is 12.0 Å². The molecular weight excluding hydrogens is 322 g/mol. The lowest BCUT2D eigenvalue weighted by Crippen LogP contribution is -2.48. The molecule has 6 nitrogen and oxygen atoms in total. The van der Waals surface area contributed by atoms with Crippen molar-refractivity contribution in [1.29, 1.82) is 0 Å². The summed E-state index contributed by atoms with van der Waals surface area (Å²) in [6.45, 7) is 7.40. The molecule has 6 heteroatoms. The van der Waals surface area contributed by atoms with Crippen LogP contribution in [-0.2, 0) is 14.3 Å². The van der Waals surface area contributed by atoms with Crippen molar-refractivity contribution in [1.82, 2.24) is 4.90 Å². The van der Waals surface area contributed by atoms with Gasteiger partial charge in [0.2, 0.25) is 5.91 Å². The Morgan fingerprint density at radius 1 is 1.24 bits per heavy atom. The number of benzene rings is 1. The van der Waals surface area contributed by atoms with E-state index in [2.05, 4.69) is 0 Å². The monoisotopic (exact) mass is 347 g/mol. The number of nitrogens with zero attached hydrogens (tertiary/aromatic N) is 1. The highest BCUT2D eigenvalue weighted by Gasteiger charge is 2.39. The second-order valence-electron chi connectivity index (χ2n) is 7.27. The first-order valence-corrected chi connectivity index (χ1v) is 8.36. The fraction of sp³-hybridized carbons (Fsp3) is 0.526. The number of hydrogen-bond acceptors (Lipinski definition) is 5. The molecule has 0 aliphatic carbocycles. The molecule has 1 aromatic carbocycles. The van der Waals surface area contributed by atoms with Crippen molar-refractivity contribution in [2.75, 3.05) is 13.7 Å². The molecule has 25 heavy (non-hydrogen) atoms. The fourth-order valence-electron chi connectivity index (χ4n) is 3.01. The number of hydrogen-bond donors (Lipinski definition) is 0. The van der Waals surface area contributed by atoms with Gasteiger partial charge in [0.15, 0.2) is 0 Å². The molecule has 2 rings (SSSR count). The topological polar surface area (TPSA) is 72.9 Å². The van der Waals surface area contributed by atoms with Gasteiger partial charge in [-0.1, -0.05) is 19.1 Å². The van der Waals surface area contributed by atoms with E-state index in [1.54, 1.807) is 45.9 Å². The van der Waals surface area contributed by atoms with Crippen LogP contribution < -0.4 is 0 Å². The normalized spacial score (nSPS) is 21.0. The van der Waals surface area contributed by atoms with Crippen molar-refractivity contribution < 1.29 is 23.9 Å². The van der Waals surface area contributed by atoms with Gasteiger partial charge < -0.3 is 9.47 Å². The van der Waals surface area contributed by atoms with Gasteiger partial charge in [-0.3, -0.25) is 4.79 Å². The first-order chi connectivity index (χ1) is 11.6. The van der Waals surface area contributed by atoms with E-state index in [0.29, 0.717) is 18.5 Å². The van der Waals surface area contributed by atoms with E-state index in [1.807, 2.05) is 6.07 Å². The summed E-state index contributed by atoms with van der Waals surface area (Å²) in [7, 11) is 1.33. The minimum absolute atomic E-state index is 0.0595. The number of carbonyl (C=O) groups excluding carboxylic acids is 3. The Kier molecular flexibility index (Phi) is 5.50. The summed E-state index contributed by atoms with van der Waals surface area (Å²) < 4.78 is 10.1. The van der Waals surface area contributed by atoms with Gasteiger partial charge in [-0.2, -0.15) is 0 Å². The van der Waals surface area contributed by atoms with E-state index in [9.17, 15) is 14.4 Å². The standard InChI is InChI=1S/C19H25NO5/c1-12-15(13-7-6-8-14(11-13)17(22)24-5)9-10-20(16(12)21)18(23)25-19(2,3)4/h6-8,11-12,15H,9-10H2,1-5H3. The molecule has 1 aliphatic heterocycles. The Balaban J connectivity index is 2.17. The third-order valence-corrected chi connectivity index (χ3v) is 4.27. The van der Waals surface area contributed by atoms with Crippen LogP contribution in [0, 0.1) is 5.92 Å². The molecule has 1 heterocycles. The maximum absolute atomic E-state index is 12.6. The van der Waals surface area contributed by atoms with Crippen molar-refractivity contribution in [2.24, 2.45) is 5.92 Å². The molecular formula is C19H25NO5. The highest BCUT2D eigenvalue weighted by molar-refractivity contribution is 5.94. The molecule has 0 saturated carbocycles. The predicted molar refractivity (Wildman–Crippen MR) is 92.3 cm³/mol. The maximum Gasteiger partial charge on any atom is 0.417 e. The minimum Gasteiger partial charge on any atom is -0.465 e. The van der Waals surface area contributed by atoms with Crippen molar-refractivity contribution in [3.63, 3.8) is 0 Å². The van der Waals surface area contributed by atoms with Gasteiger partial charge >= 0.3 is 12.1 Å². The Labute approximate surface area is 148 Å². The molecule has 0 spiro atoms. The zero-order chi connectivity index (χ0) is 18.8. The maximum atomic E-state index is 12.6. The van der Waals surface area contributed by atoms with Crippen LogP contribution >= 0.6 is 0 Å². The third kappa shape index (κ3) is 4.38. The summed E-state index contributed by atoms with van der Waals surface area (Å²) in [5, 5.41) is 0. The molecule has 2 atom stereocenters. The van der Waals surface area contributed by atoms with Crippen molar-refractivity contribution >= 4 is 18.0 Å². The van der Waals surface area contributed by atoms with Crippen molar-refractivity contribution in [3.05, 3.63) is 35.4 Å². The molecule has 1 fully saturated rings. The molecule has 136 valence electrons. The number of likely N-dealkylation sites (tertiary alicyclic amines) is 1. The lowest BCUT2D eigenvalue weighted by molar-refractivity contribution is -0.137. The molecule has 2 unspecified atom stereocenters. The van der Waals surface area contributed by atoms with Crippen LogP contribution in [0.25, 0.3) is 0 Å². The van der Waals surface area contributed by atoms with Crippen LogP contribution in [0.2, 0.25) is 0 Å². The number of ether oxygens (including phenoxy) is 2. The van der Waals surface area contributed by atoms with Crippen LogP contribution in [0.3, 0.4) is 0 Å². The van der Waals surface area contributed by atoms with Gasteiger partial charge in [-0.15, -0.1) is 0 Å². The fourth-order valence-corrected chi connectivity index (χ4v) is 3.01. The average molecular weight is 347 g/mol. The molecule has 1 aliphatic rings. The Morgan fingerprint density at radius 3 is 2.52 bits per heavy atom. The van der Waals surface area contributed by atoms with E-state index >= 15 is 0 Å². The van der Waals surface area contributed by atoms with Gasteiger partial charge in [0.1, 0.15) is 5.60 Å². The Hall–Kier alpha value is -2.37. The molecule has 1 saturated heterocycles. The molecule has 1 aromatic rings. The lowest BCUT2D eigenvalue weighted by Gasteiger charge is -2.36. The highest BCUT2D eigenvalue weighted by atomic mass is 16.6. The number of methoxy groups -OCH3 is 1. The zero-order valence-corrected chi connectivity index (χ0v) is 15.4. The van der Waals surface area contributed by atoms with Gasteiger partial charge in [-0.25, -0.2) is 14.5 Å². The number of esters is 1. The second-order valence-corrected chi connectivity index (χ2v) is 7.27. The number of amides is 2. The van der Waals surface area contributed by atoms with Gasteiger partial charge in [0.05, 0.1) is 12.7 Å². The second kappa shape index (κ2) is 7.25. The summed E-state index contributed by atoms with van der Waals surface area (Å²) in [6, 6.07) is 7.10. The first-order valence-electron chi connectivity index (χ1n) is 8.36. The van der Waals surface area contributed by atoms with Crippen molar-refractivity contribution in [3.8, 4) is 0 Å². The minimum atomic E-state index is -0.647. The SMILES string of the molecule is COC(=O)c1cccc(C2CCN(C(=O)OC(C)(C)C)C(=O)C2C)c1. The first kappa shape index (κ1) is 19.0. The zero-order valence-electron chi connectivity index (χ0n) is 15.4. The largest absolute Gasteiger partial charge is 0.465 e. The number of imide groups is 1. The summed E-state index contributed by atoms with van der Waals surface area (Å²) in [6.07, 6.45) is 0.0163. The van der Waals surface area contributed by atoms with Crippen LogP contribution in [0.4, 0.5) is 4.79 Å². The van der Waals surface area contributed by atoms with Gasteiger partial charge in [-0.05, 0) is 50.8 Å². The molecule has 2 amide bonds. The lowest BCUT2D eigenvalue weighted by atomic mass is 9.80. The number of carbonyl (C=O) groups is 3. The summed E-state index contributed by atoms with van der Waals surface area (Å²) in [5.41, 5.74) is 0.702. The Bertz CT molecular complexity index is 677. The van der Waals surface area contributed by atoms with E-state index in [0.717, 1.165) is 5.56 Å². The van der Waals surface area contributed by atoms with Gasteiger partial charge in [0.25, 0.3) is 0 Å². The molecule has 0 bridgehead atoms. The van der Waals surface area contributed by atoms with Gasteiger partial charge in [0, 0.05) is 12.5 Å². The number of piperidine rings is 1. The van der Waals surface area contributed by atoms with Crippen LogP contribution in [0.15, 0.2) is 24.3 Å². The molecule has 0 radical (unpaired) electrons. The van der Waals surface area contributed by atoms with Crippen LogP contribution in [0.1, 0.15) is 56.0 Å².